The van der Waals surface area contributed by atoms with Gasteiger partial charge < -0.3 is 33.3 Å². The first-order chi connectivity index (χ1) is 71.4. The van der Waals surface area contributed by atoms with E-state index in [1.54, 1.807) is 0 Å². The summed E-state index contributed by atoms with van der Waals surface area (Å²) < 4.78 is 7.28. The van der Waals surface area contributed by atoms with Crippen molar-refractivity contribution in [1.29, 1.82) is 0 Å². The predicted octanol–water partition coefficient (Wildman–Crippen LogP) is 37.8. The molecule has 0 spiro atoms. The lowest BCUT2D eigenvalue weighted by Crippen LogP contribution is -2.15. The van der Waals surface area contributed by atoms with Gasteiger partial charge in [0, 0.05) is 128 Å². The Labute approximate surface area is 845 Å². The van der Waals surface area contributed by atoms with Crippen molar-refractivity contribution in [3.8, 4) is 83.8 Å². The van der Waals surface area contributed by atoms with Gasteiger partial charge in [0.05, 0.1) is 33.1 Å². The fourth-order valence-corrected chi connectivity index (χ4v) is 23.0. The van der Waals surface area contributed by atoms with Crippen LogP contribution in [0.3, 0.4) is 0 Å². The molecule has 2 aliphatic carbocycles. The fraction of sp³-hybridized carbons (Fsp3) is 0.0435. The number of rotatable bonds is 19. The average molecular weight is 1860 g/mol. The summed E-state index contributed by atoms with van der Waals surface area (Å²) in [5, 5.41) is 7.38. The molecule has 3 aromatic heterocycles. The van der Waals surface area contributed by atoms with Crippen molar-refractivity contribution in [3.63, 3.8) is 0 Å². The van der Waals surface area contributed by atoms with E-state index in [0.717, 1.165) is 96.2 Å². The minimum Gasteiger partial charge on any atom is -0.311 e. The lowest BCUT2D eigenvalue weighted by atomic mass is 9.82. The summed E-state index contributed by atoms with van der Waals surface area (Å²) in [6.45, 7) is 9.44. The average Bonchev–Trinajstić information content (AvgIpc) is 1.55. The molecule has 25 aromatic rings. The molecule has 0 N–H and O–H groups in total. The minimum atomic E-state index is -0.0917. The summed E-state index contributed by atoms with van der Waals surface area (Å²) in [6.07, 6.45) is 0. The third-order valence-electron chi connectivity index (χ3n) is 30.1. The highest BCUT2D eigenvalue weighted by atomic mass is 15.2. The van der Waals surface area contributed by atoms with Crippen molar-refractivity contribution < 1.29 is 0 Å². The molecule has 27 rings (SSSR count). The van der Waals surface area contributed by atoms with Gasteiger partial charge in [0.15, 0.2) is 0 Å². The van der Waals surface area contributed by atoms with Crippen molar-refractivity contribution in [1.82, 2.24) is 13.7 Å². The Balaban J connectivity index is 0.000000153. The largest absolute Gasteiger partial charge is 0.311 e. The molecule has 7 heteroatoms. The summed E-state index contributed by atoms with van der Waals surface area (Å²) in [4.78, 5) is 9.45. The SMILES string of the molecule is CC1(C)c2ccccc2-c2ccc(-n3c4ccccc4c4cc(N(c5ccccc5)c5ccc(-c6ccc(N(c7ccccc7)c7ccc8c(c7)c7ccccc7n8-c7ccc8c(c7)C(C)(C)c7ccccc7-8)cc6)cc5)ccc43)cc21.c1ccc(-c2ccc(N(c3ccc(-c4ccccc4)cc3)c3ccc(-c4ccc(N(c5ccccc5)c5ccc6c7ccccc7n(-c7ccccc7)c6c5)cc4)cc3)cc2)cc1. The first-order valence-corrected chi connectivity index (χ1v) is 50.2. The third kappa shape index (κ3) is 15.3. The zero-order valence-electron chi connectivity index (χ0n) is 81.0. The molecular weight excluding hydrogens is 1760 g/mol. The molecule has 0 saturated heterocycles. The van der Waals surface area contributed by atoms with Crippen molar-refractivity contribution in [2.45, 2.75) is 38.5 Å². The highest BCUT2D eigenvalue weighted by Crippen LogP contribution is 2.54. The van der Waals surface area contributed by atoms with Crippen molar-refractivity contribution in [2.24, 2.45) is 0 Å². The standard InChI is InChI=1S/C78H58N4.C60H43N3/c1-77(2)69-27-15-11-23-61(69)63-43-39-59(49-71(63)77)81-73-29-17-13-25-65(73)67-47-57(41-45-75(67)81)79(53-19-7-5-8-20-53)55-35-31-51(32-36-55)52-33-37-56(38-34-52)80(54-21-9-6-10-22-54)58-42-46-76-68(48-58)66-26-14-18-30-74(66)82(76)60-40-44-64-62-24-12-16-28-70(62)78(3,4)72(64)50-60;1-5-15-44(16-6-1)46-25-33-52(34-26-46)61(53-35-27-47(28-36-53)45-17-7-2-8-18-45)54-37-29-48(30-38-54)49-31-39-55(40-32-49)62(50-19-9-3-10-20-50)56-41-42-58-57-23-13-14-24-59(57)63(60(58)43-56)51-21-11-4-12-22-51/h5-50H,1-4H3;1-43H. The minimum absolute atomic E-state index is 0.0917. The molecule has 22 aromatic carbocycles. The van der Waals surface area contributed by atoms with E-state index in [-0.39, 0.29) is 10.8 Å². The first-order valence-electron chi connectivity index (χ1n) is 50.2. The second-order valence-corrected chi connectivity index (χ2v) is 39.2. The van der Waals surface area contributed by atoms with Gasteiger partial charge >= 0.3 is 0 Å². The Hall–Kier alpha value is -18.6. The van der Waals surface area contributed by atoms with Crippen LogP contribution in [0, 0.1) is 0 Å². The maximum Gasteiger partial charge on any atom is 0.0561 e. The quantitative estimate of drug-likeness (QED) is 0.0806. The lowest BCUT2D eigenvalue weighted by Gasteiger charge is -2.26. The zero-order valence-corrected chi connectivity index (χ0v) is 81.0. The number of para-hydroxylation sites is 7. The van der Waals surface area contributed by atoms with E-state index in [0.29, 0.717) is 0 Å². The molecule has 0 radical (unpaired) electrons. The number of aromatic nitrogens is 3. The van der Waals surface area contributed by atoms with E-state index < -0.39 is 0 Å². The Morgan fingerprint density at radius 3 is 0.710 bits per heavy atom. The molecule has 7 nitrogen and oxygen atoms in total. The molecule has 0 bridgehead atoms. The van der Waals surface area contributed by atoms with Crippen molar-refractivity contribution in [3.05, 3.63) is 562 Å². The van der Waals surface area contributed by atoms with Crippen LogP contribution in [0.15, 0.2) is 540 Å². The molecule has 0 unspecified atom stereocenters. The summed E-state index contributed by atoms with van der Waals surface area (Å²) in [7, 11) is 0. The van der Waals surface area contributed by atoms with E-state index >= 15 is 0 Å². The number of nitrogens with zero attached hydrogens (tertiary/aromatic N) is 7. The maximum atomic E-state index is 2.45. The molecule has 0 atom stereocenters. The Bertz CT molecular complexity index is 8780. The van der Waals surface area contributed by atoms with E-state index in [9.17, 15) is 0 Å². The number of fused-ring (bicyclic) bond motifs is 15. The van der Waals surface area contributed by atoms with Crippen LogP contribution in [0.25, 0.3) is 149 Å². The van der Waals surface area contributed by atoms with Gasteiger partial charge in [-0.3, -0.25) is 0 Å². The molecule has 0 aliphatic heterocycles. The van der Waals surface area contributed by atoms with Crippen molar-refractivity contribution >= 4 is 134 Å². The monoisotopic (exact) mass is 1860 g/mol. The number of benzene rings is 22. The van der Waals surface area contributed by atoms with Gasteiger partial charge in [-0.15, -0.1) is 0 Å². The van der Waals surface area contributed by atoms with E-state index in [2.05, 4.69) is 601 Å². The molecule has 0 amide bonds. The Morgan fingerprint density at radius 2 is 0.366 bits per heavy atom. The number of hydrogen-bond acceptors (Lipinski definition) is 4. The number of hydrogen-bond donors (Lipinski definition) is 0. The van der Waals surface area contributed by atoms with Gasteiger partial charge in [-0.05, 0) is 301 Å². The second-order valence-electron chi connectivity index (χ2n) is 39.2. The van der Waals surface area contributed by atoms with Gasteiger partial charge in [0.25, 0.3) is 0 Å². The molecule has 0 fully saturated rings. The fourth-order valence-electron chi connectivity index (χ4n) is 23.0. The summed E-state index contributed by atoms with van der Waals surface area (Å²) in [6, 6.07) is 197. The molecule has 3 heterocycles. The molecule has 2 aliphatic rings. The van der Waals surface area contributed by atoms with Crippen LogP contribution in [0.1, 0.15) is 49.9 Å². The highest BCUT2D eigenvalue weighted by Gasteiger charge is 2.38. The highest BCUT2D eigenvalue weighted by molar-refractivity contribution is 6.14. The van der Waals surface area contributed by atoms with Crippen LogP contribution >= 0.6 is 0 Å². The van der Waals surface area contributed by atoms with Crippen LogP contribution in [-0.2, 0) is 10.8 Å². The summed E-state index contributed by atoms with van der Waals surface area (Å²) in [5.41, 5.74) is 43.9. The Kier molecular flexibility index (Phi) is 21.5. The number of anilines is 12. The van der Waals surface area contributed by atoms with E-state index in [4.69, 9.17) is 0 Å². The van der Waals surface area contributed by atoms with Crippen LogP contribution in [0.2, 0.25) is 0 Å². The van der Waals surface area contributed by atoms with Crippen LogP contribution in [0.5, 0.6) is 0 Å². The molecule has 688 valence electrons. The second kappa shape index (κ2) is 36.0. The van der Waals surface area contributed by atoms with E-state index in [1.165, 1.54) is 144 Å². The molecular formula is C138H101N7. The van der Waals surface area contributed by atoms with Crippen molar-refractivity contribution in [2.75, 3.05) is 19.6 Å². The summed E-state index contributed by atoms with van der Waals surface area (Å²) >= 11 is 0. The van der Waals surface area contributed by atoms with Gasteiger partial charge in [0.2, 0.25) is 0 Å². The normalized spacial score (nSPS) is 12.5. The smallest absolute Gasteiger partial charge is 0.0561 e. The lowest BCUT2D eigenvalue weighted by molar-refractivity contribution is 0.660. The Morgan fingerprint density at radius 1 is 0.138 bits per heavy atom. The van der Waals surface area contributed by atoms with Crippen LogP contribution in [-0.4, -0.2) is 13.7 Å². The van der Waals surface area contributed by atoms with E-state index in [1.807, 2.05) is 0 Å². The van der Waals surface area contributed by atoms with Gasteiger partial charge in [-0.1, -0.05) is 355 Å². The first kappa shape index (κ1) is 86.8. The molecule has 145 heavy (non-hydrogen) atoms. The predicted molar refractivity (Wildman–Crippen MR) is 612 cm³/mol. The van der Waals surface area contributed by atoms with Gasteiger partial charge in [-0.25, -0.2) is 0 Å². The zero-order chi connectivity index (χ0) is 96.8. The van der Waals surface area contributed by atoms with Gasteiger partial charge in [0.1, 0.15) is 0 Å². The maximum absolute atomic E-state index is 2.45. The summed E-state index contributed by atoms with van der Waals surface area (Å²) in [5.74, 6) is 0. The third-order valence-corrected chi connectivity index (χ3v) is 30.1. The molecule has 0 saturated carbocycles. The van der Waals surface area contributed by atoms with Crippen LogP contribution < -0.4 is 19.6 Å². The van der Waals surface area contributed by atoms with Crippen LogP contribution in [0.4, 0.5) is 68.2 Å². The van der Waals surface area contributed by atoms with Gasteiger partial charge in [-0.2, -0.15) is 0 Å². The topological polar surface area (TPSA) is 27.8 Å².